The minimum absolute atomic E-state index is 0.0269. The molecule has 128 valence electrons. The smallest absolute Gasteiger partial charge is 0.339 e. The average Bonchev–Trinajstić information content (AvgIpc) is 2.86. The van der Waals surface area contributed by atoms with E-state index in [9.17, 15) is 19.6 Å². The van der Waals surface area contributed by atoms with Gasteiger partial charge in [0.15, 0.2) is 6.61 Å². The van der Waals surface area contributed by atoms with Crippen molar-refractivity contribution in [2.45, 2.75) is 19.4 Å². The summed E-state index contributed by atoms with van der Waals surface area (Å²) in [5.41, 5.74) is 0.760. The van der Waals surface area contributed by atoms with Crippen molar-refractivity contribution in [3.05, 3.63) is 64.9 Å². The maximum atomic E-state index is 12.2. The lowest BCUT2D eigenvalue weighted by molar-refractivity contribution is -0.620. The van der Waals surface area contributed by atoms with Crippen molar-refractivity contribution in [2.24, 2.45) is 0 Å². The Morgan fingerprint density at radius 2 is 1.84 bits per heavy atom. The Balaban J connectivity index is 1.47. The van der Waals surface area contributed by atoms with Crippen LogP contribution in [0.15, 0.2) is 42.7 Å². The molecule has 0 atom stereocenters. The molecule has 1 aromatic carbocycles. The number of benzene rings is 1. The number of ether oxygens (including phenoxy) is 1. The molecule has 0 radical (unpaired) electrons. The van der Waals surface area contributed by atoms with Crippen molar-refractivity contribution in [1.82, 2.24) is 9.88 Å². The fraction of sp³-hybridized carbons (Fsp3) is 0.235. The number of rotatable bonds is 6. The van der Waals surface area contributed by atoms with Gasteiger partial charge < -0.3 is 9.94 Å². The average molecular weight is 341 g/mol. The Kier molecular flexibility index (Phi) is 4.69. The van der Waals surface area contributed by atoms with Crippen LogP contribution in [0, 0.1) is 5.21 Å². The third kappa shape index (κ3) is 3.47. The molecule has 1 aromatic heterocycles. The van der Waals surface area contributed by atoms with Gasteiger partial charge in [-0.15, -0.1) is 0 Å². The number of esters is 1. The summed E-state index contributed by atoms with van der Waals surface area (Å²) in [5.74, 6) is -1.15. The molecule has 0 unspecified atom stereocenters. The first-order valence-corrected chi connectivity index (χ1v) is 7.72. The van der Waals surface area contributed by atoms with Crippen LogP contribution in [-0.2, 0) is 16.1 Å². The van der Waals surface area contributed by atoms with E-state index >= 15 is 0 Å². The summed E-state index contributed by atoms with van der Waals surface area (Å²) in [6.45, 7) is -0.0945. The zero-order valence-corrected chi connectivity index (χ0v) is 13.3. The Morgan fingerprint density at radius 3 is 2.48 bits per heavy atom. The second-order valence-electron chi connectivity index (χ2n) is 5.43. The third-order valence-corrected chi connectivity index (χ3v) is 3.79. The maximum absolute atomic E-state index is 12.2. The van der Waals surface area contributed by atoms with E-state index in [4.69, 9.17) is 4.74 Å². The quantitative estimate of drug-likeness (QED) is 0.334. The first kappa shape index (κ1) is 16.6. The van der Waals surface area contributed by atoms with E-state index in [0.29, 0.717) is 15.9 Å². The zero-order chi connectivity index (χ0) is 17.8. The van der Waals surface area contributed by atoms with Gasteiger partial charge >= 0.3 is 11.8 Å². The number of amides is 2. The van der Waals surface area contributed by atoms with E-state index in [1.165, 1.54) is 18.5 Å². The molecule has 0 saturated carbocycles. The first-order valence-electron chi connectivity index (χ1n) is 7.72. The molecule has 2 amide bonds. The molecule has 1 aliphatic heterocycles. The highest BCUT2D eigenvalue weighted by atomic mass is 16.5. The summed E-state index contributed by atoms with van der Waals surface area (Å²) in [7, 11) is 0. The molecule has 0 spiro atoms. The largest absolute Gasteiger partial charge is 0.711 e. The standard InChI is InChI=1S/C17H15N3O5/c21-15(25-11-14-18-8-4-10-20(14)24)7-3-9-19-16(22)12-5-1-2-6-13(12)17(19)23/h1-2,4-6,8,10H,3,7,9,11H2. The van der Waals surface area contributed by atoms with Crippen LogP contribution < -0.4 is 4.73 Å². The van der Waals surface area contributed by atoms with Crippen LogP contribution in [0.1, 0.15) is 39.4 Å². The van der Waals surface area contributed by atoms with Crippen molar-refractivity contribution < 1.29 is 23.9 Å². The molecular formula is C17H15N3O5. The van der Waals surface area contributed by atoms with Crippen molar-refractivity contribution in [2.75, 3.05) is 6.54 Å². The highest BCUT2D eigenvalue weighted by Gasteiger charge is 2.34. The number of carbonyl (C=O) groups excluding carboxylic acids is 3. The van der Waals surface area contributed by atoms with Crippen LogP contribution >= 0.6 is 0 Å². The molecule has 8 heteroatoms. The minimum Gasteiger partial charge on any atom is -0.711 e. The molecule has 8 nitrogen and oxygen atoms in total. The van der Waals surface area contributed by atoms with Gasteiger partial charge in [-0.05, 0) is 23.5 Å². The molecule has 0 fully saturated rings. The van der Waals surface area contributed by atoms with E-state index in [1.807, 2.05) is 0 Å². The lowest BCUT2D eigenvalue weighted by Crippen LogP contribution is -2.33. The van der Waals surface area contributed by atoms with Gasteiger partial charge in [-0.3, -0.25) is 19.3 Å². The fourth-order valence-electron chi connectivity index (χ4n) is 2.53. The molecule has 2 heterocycles. The van der Waals surface area contributed by atoms with Crippen LogP contribution in [-0.4, -0.2) is 34.2 Å². The van der Waals surface area contributed by atoms with Gasteiger partial charge in [-0.1, -0.05) is 12.1 Å². The van der Waals surface area contributed by atoms with Crippen molar-refractivity contribution in [1.29, 1.82) is 0 Å². The SMILES string of the molecule is O=C(CCCN1C(=O)c2ccccc2C1=O)OCc1nccc[n+]1[O-]. The lowest BCUT2D eigenvalue weighted by Gasteiger charge is -2.13. The molecular weight excluding hydrogens is 326 g/mol. The predicted molar refractivity (Wildman–Crippen MR) is 84.0 cm³/mol. The van der Waals surface area contributed by atoms with E-state index in [2.05, 4.69) is 4.98 Å². The van der Waals surface area contributed by atoms with Crippen molar-refractivity contribution in [3.63, 3.8) is 0 Å². The number of fused-ring (bicyclic) bond motifs is 1. The number of nitrogens with zero attached hydrogens (tertiary/aromatic N) is 3. The first-order chi connectivity index (χ1) is 12.1. The van der Waals surface area contributed by atoms with Crippen molar-refractivity contribution in [3.8, 4) is 0 Å². The second-order valence-corrected chi connectivity index (χ2v) is 5.43. The van der Waals surface area contributed by atoms with E-state index in [1.54, 1.807) is 24.3 Å². The molecule has 0 N–H and O–H groups in total. The molecule has 1 aliphatic rings. The zero-order valence-electron chi connectivity index (χ0n) is 13.3. The summed E-state index contributed by atoms with van der Waals surface area (Å²) in [4.78, 5) is 41.0. The molecule has 0 aliphatic carbocycles. The number of hydrogen-bond donors (Lipinski definition) is 0. The number of imide groups is 1. The molecule has 0 saturated heterocycles. The monoisotopic (exact) mass is 341 g/mol. The van der Waals surface area contributed by atoms with E-state index in [-0.39, 0.29) is 43.6 Å². The maximum Gasteiger partial charge on any atom is 0.339 e. The summed E-state index contributed by atoms with van der Waals surface area (Å²) >= 11 is 0. The van der Waals surface area contributed by atoms with Crippen LogP contribution in [0.25, 0.3) is 0 Å². The van der Waals surface area contributed by atoms with Gasteiger partial charge in [-0.25, -0.2) is 4.73 Å². The van der Waals surface area contributed by atoms with Gasteiger partial charge in [0.1, 0.15) is 6.20 Å². The van der Waals surface area contributed by atoms with Gasteiger partial charge in [0, 0.05) is 19.0 Å². The van der Waals surface area contributed by atoms with Gasteiger partial charge in [0.05, 0.1) is 17.3 Å². The summed E-state index contributed by atoms with van der Waals surface area (Å²) in [6, 6.07) is 8.08. The predicted octanol–water partition coefficient (Wildman–Crippen LogP) is 0.835. The second kappa shape index (κ2) is 7.08. The third-order valence-electron chi connectivity index (χ3n) is 3.79. The fourth-order valence-corrected chi connectivity index (χ4v) is 2.53. The van der Waals surface area contributed by atoms with Gasteiger partial charge in [0.2, 0.25) is 0 Å². The van der Waals surface area contributed by atoms with Gasteiger partial charge in [0.25, 0.3) is 11.8 Å². The van der Waals surface area contributed by atoms with E-state index in [0.717, 1.165) is 4.90 Å². The normalized spacial score (nSPS) is 13.0. The highest BCUT2D eigenvalue weighted by Crippen LogP contribution is 2.22. The van der Waals surface area contributed by atoms with Crippen molar-refractivity contribution >= 4 is 17.8 Å². The molecule has 0 bridgehead atoms. The Hall–Kier alpha value is -3.29. The van der Waals surface area contributed by atoms with Crippen LogP contribution in [0.2, 0.25) is 0 Å². The van der Waals surface area contributed by atoms with Crippen LogP contribution in [0.3, 0.4) is 0 Å². The van der Waals surface area contributed by atoms with Crippen LogP contribution in [0.5, 0.6) is 0 Å². The number of aromatic nitrogens is 2. The molecule has 25 heavy (non-hydrogen) atoms. The highest BCUT2D eigenvalue weighted by molar-refractivity contribution is 6.21. The summed E-state index contributed by atoms with van der Waals surface area (Å²) in [6.07, 6.45) is 3.00. The minimum atomic E-state index is -0.526. The number of carbonyl (C=O) groups is 3. The summed E-state index contributed by atoms with van der Waals surface area (Å²) < 4.78 is 5.50. The number of hydrogen-bond acceptors (Lipinski definition) is 6. The Morgan fingerprint density at radius 1 is 1.16 bits per heavy atom. The lowest BCUT2D eigenvalue weighted by atomic mass is 10.1. The molecule has 2 aromatic rings. The van der Waals surface area contributed by atoms with E-state index < -0.39 is 5.97 Å². The topological polar surface area (TPSA) is 104 Å². The molecule has 3 rings (SSSR count). The summed E-state index contributed by atoms with van der Waals surface area (Å²) in [5, 5.41) is 11.4. The van der Waals surface area contributed by atoms with Crippen LogP contribution in [0.4, 0.5) is 0 Å². The Labute approximate surface area is 143 Å². The van der Waals surface area contributed by atoms with Gasteiger partial charge in [-0.2, -0.15) is 0 Å². The Bertz CT molecular complexity index is 802.